The molecule has 1 unspecified atom stereocenters. The van der Waals surface area contributed by atoms with E-state index in [0.717, 1.165) is 0 Å². The van der Waals surface area contributed by atoms with Crippen molar-refractivity contribution < 1.29 is 19.4 Å². The lowest BCUT2D eigenvalue weighted by Crippen LogP contribution is -2.44. The van der Waals surface area contributed by atoms with Gasteiger partial charge in [0.25, 0.3) is 0 Å². The number of ether oxygens (including phenoxy) is 2. The molecule has 100 valence electrons. The summed E-state index contributed by atoms with van der Waals surface area (Å²) >= 11 is 0. The van der Waals surface area contributed by atoms with Crippen molar-refractivity contribution in [3.63, 3.8) is 0 Å². The molecule has 1 rings (SSSR count). The van der Waals surface area contributed by atoms with Crippen LogP contribution in [0.25, 0.3) is 0 Å². The first kappa shape index (κ1) is 14.3. The molecule has 0 spiro atoms. The van der Waals surface area contributed by atoms with Crippen LogP contribution in [0.5, 0.6) is 0 Å². The summed E-state index contributed by atoms with van der Waals surface area (Å²) in [7, 11) is 1.61. The van der Waals surface area contributed by atoms with Crippen LogP contribution >= 0.6 is 0 Å². The largest absolute Gasteiger partial charge is 0.444 e. The number of carbonyl (C=O) groups excluding carboxylic acids is 1. The molecule has 0 aromatic heterocycles. The highest BCUT2D eigenvalue weighted by Gasteiger charge is 2.39. The van der Waals surface area contributed by atoms with Crippen LogP contribution < -0.4 is 0 Å². The predicted octanol–water partition coefficient (Wildman–Crippen LogP) is 1.39. The van der Waals surface area contributed by atoms with Gasteiger partial charge in [-0.25, -0.2) is 4.79 Å². The van der Waals surface area contributed by atoms with E-state index in [1.54, 1.807) is 18.9 Å². The van der Waals surface area contributed by atoms with Gasteiger partial charge in [0, 0.05) is 7.11 Å². The van der Waals surface area contributed by atoms with Gasteiger partial charge in [-0.15, -0.1) is 0 Å². The summed E-state index contributed by atoms with van der Waals surface area (Å²) in [5.74, 6) is 0. The van der Waals surface area contributed by atoms with Gasteiger partial charge in [0.2, 0.25) is 0 Å². The molecule has 1 saturated heterocycles. The lowest BCUT2D eigenvalue weighted by molar-refractivity contribution is 0.00695. The van der Waals surface area contributed by atoms with Gasteiger partial charge in [0.1, 0.15) is 5.60 Å². The average molecular weight is 245 g/mol. The second-order valence-electron chi connectivity index (χ2n) is 5.53. The van der Waals surface area contributed by atoms with Gasteiger partial charge in [0.15, 0.2) is 0 Å². The minimum Gasteiger partial charge on any atom is -0.444 e. The van der Waals surface area contributed by atoms with E-state index in [1.807, 2.05) is 20.8 Å². The Kier molecular flexibility index (Phi) is 4.38. The van der Waals surface area contributed by atoms with Gasteiger partial charge in [-0.3, -0.25) is 4.90 Å². The number of amides is 1. The zero-order valence-corrected chi connectivity index (χ0v) is 11.3. The second-order valence-corrected chi connectivity index (χ2v) is 5.53. The Balaban J connectivity index is 2.70. The Bertz CT molecular complexity index is 272. The lowest BCUT2D eigenvalue weighted by atomic mass is 10.1. The van der Waals surface area contributed by atoms with E-state index in [4.69, 9.17) is 9.47 Å². The molecule has 0 aliphatic carbocycles. The number of rotatable bonds is 2. The first-order valence-electron chi connectivity index (χ1n) is 5.95. The zero-order valence-electron chi connectivity index (χ0n) is 11.3. The van der Waals surface area contributed by atoms with Crippen LogP contribution in [0.15, 0.2) is 0 Å². The fourth-order valence-electron chi connectivity index (χ4n) is 1.98. The SMILES string of the molecule is CO[C@@H]1CC([C@H](C)O)N(C(=O)OC(C)(C)C)C1. The topological polar surface area (TPSA) is 59.0 Å². The molecule has 1 N–H and O–H groups in total. The molecular formula is C12H23NO4. The fourth-order valence-corrected chi connectivity index (χ4v) is 1.98. The molecule has 1 fully saturated rings. The van der Waals surface area contributed by atoms with Crippen molar-refractivity contribution in [3.8, 4) is 0 Å². The maximum atomic E-state index is 12.0. The third-order valence-corrected chi connectivity index (χ3v) is 2.82. The van der Waals surface area contributed by atoms with Crippen LogP contribution in [0.1, 0.15) is 34.1 Å². The fraction of sp³-hybridized carbons (Fsp3) is 0.917. The van der Waals surface area contributed by atoms with Crippen molar-refractivity contribution >= 4 is 6.09 Å². The molecule has 1 aliphatic heterocycles. The summed E-state index contributed by atoms with van der Waals surface area (Å²) in [5.41, 5.74) is -0.522. The molecule has 0 aromatic carbocycles. The van der Waals surface area contributed by atoms with Crippen LogP contribution in [-0.2, 0) is 9.47 Å². The third-order valence-electron chi connectivity index (χ3n) is 2.82. The zero-order chi connectivity index (χ0) is 13.2. The highest BCUT2D eigenvalue weighted by atomic mass is 16.6. The summed E-state index contributed by atoms with van der Waals surface area (Å²) in [5, 5.41) is 9.68. The van der Waals surface area contributed by atoms with E-state index in [0.29, 0.717) is 13.0 Å². The average Bonchev–Trinajstić information content (AvgIpc) is 2.58. The van der Waals surface area contributed by atoms with Crippen molar-refractivity contribution in [2.75, 3.05) is 13.7 Å². The van der Waals surface area contributed by atoms with Gasteiger partial charge >= 0.3 is 6.09 Å². The van der Waals surface area contributed by atoms with Gasteiger partial charge in [-0.2, -0.15) is 0 Å². The highest BCUT2D eigenvalue weighted by Crippen LogP contribution is 2.24. The molecule has 0 saturated carbocycles. The van der Waals surface area contributed by atoms with E-state index in [1.165, 1.54) is 0 Å². The molecular weight excluding hydrogens is 222 g/mol. The van der Waals surface area contributed by atoms with Crippen LogP contribution in [-0.4, -0.2) is 53.6 Å². The number of nitrogens with zero attached hydrogens (tertiary/aromatic N) is 1. The standard InChI is InChI=1S/C12H23NO4/c1-8(14)10-6-9(16-5)7-13(10)11(15)17-12(2,3)4/h8-10,14H,6-7H2,1-5H3/t8-,9+,10?/m0/s1. The summed E-state index contributed by atoms with van der Waals surface area (Å²) in [6, 6.07) is -0.227. The number of hydrogen-bond donors (Lipinski definition) is 1. The minimum atomic E-state index is -0.581. The number of carbonyl (C=O) groups is 1. The van der Waals surface area contributed by atoms with Crippen molar-refractivity contribution in [1.82, 2.24) is 4.90 Å². The monoisotopic (exact) mass is 245 g/mol. The molecule has 1 amide bonds. The van der Waals surface area contributed by atoms with Crippen LogP contribution in [0.4, 0.5) is 4.79 Å². The smallest absolute Gasteiger partial charge is 0.410 e. The molecule has 1 heterocycles. The van der Waals surface area contributed by atoms with Crippen LogP contribution in [0, 0.1) is 0 Å². The Labute approximate surface area is 103 Å². The Morgan fingerprint density at radius 1 is 1.47 bits per heavy atom. The number of aliphatic hydroxyl groups excluding tert-OH is 1. The van der Waals surface area contributed by atoms with Crippen molar-refractivity contribution in [2.24, 2.45) is 0 Å². The maximum absolute atomic E-state index is 12.0. The Morgan fingerprint density at radius 2 is 2.06 bits per heavy atom. The van der Waals surface area contributed by atoms with Crippen molar-refractivity contribution in [2.45, 2.75) is 58.0 Å². The first-order valence-corrected chi connectivity index (χ1v) is 5.95. The molecule has 17 heavy (non-hydrogen) atoms. The number of methoxy groups -OCH3 is 1. The molecule has 0 radical (unpaired) electrons. The normalized spacial score (nSPS) is 27.1. The first-order chi connectivity index (χ1) is 7.74. The molecule has 3 atom stereocenters. The number of hydrogen-bond acceptors (Lipinski definition) is 4. The summed E-state index contributed by atoms with van der Waals surface area (Å²) in [6.07, 6.45) is -0.347. The third kappa shape index (κ3) is 3.85. The lowest BCUT2D eigenvalue weighted by Gasteiger charge is -2.29. The quantitative estimate of drug-likeness (QED) is 0.798. The number of aliphatic hydroxyl groups is 1. The molecule has 0 aromatic rings. The van der Waals surface area contributed by atoms with E-state index in [9.17, 15) is 9.90 Å². The van der Waals surface area contributed by atoms with Gasteiger partial charge in [0.05, 0.1) is 24.8 Å². The van der Waals surface area contributed by atoms with Crippen molar-refractivity contribution in [1.29, 1.82) is 0 Å². The highest BCUT2D eigenvalue weighted by molar-refractivity contribution is 5.69. The van der Waals surface area contributed by atoms with E-state index in [2.05, 4.69) is 0 Å². The van der Waals surface area contributed by atoms with Crippen molar-refractivity contribution in [3.05, 3.63) is 0 Å². The molecule has 5 nitrogen and oxygen atoms in total. The summed E-state index contributed by atoms with van der Waals surface area (Å²) < 4.78 is 10.6. The van der Waals surface area contributed by atoms with E-state index in [-0.39, 0.29) is 18.2 Å². The van der Waals surface area contributed by atoms with Gasteiger partial charge in [-0.05, 0) is 34.1 Å². The van der Waals surface area contributed by atoms with Crippen LogP contribution in [0.2, 0.25) is 0 Å². The summed E-state index contributed by atoms with van der Waals surface area (Å²) in [6.45, 7) is 7.63. The van der Waals surface area contributed by atoms with Gasteiger partial charge in [-0.1, -0.05) is 0 Å². The van der Waals surface area contributed by atoms with E-state index >= 15 is 0 Å². The minimum absolute atomic E-state index is 0.0258. The molecule has 1 aliphatic rings. The Hall–Kier alpha value is -0.810. The summed E-state index contributed by atoms with van der Waals surface area (Å²) in [4.78, 5) is 13.5. The second kappa shape index (κ2) is 5.23. The Morgan fingerprint density at radius 3 is 2.47 bits per heavy atom. The molecule has 5 heteroatoms. The van der Waals surface area contributed by atoms with E-state index < -0.39 is 11.7 Å². The maximum Gasteiger partial charge on any atom is 0.410 e. The van der Waals surface area contributed by atoms with Crippen LogP contribution in [0.3, 0.4) is 0 Å². The van der Waals surface area contributed by atoms with Gasteiger partial charge < -0.3 is 14.6 Å². The predicted molar refractivity (Wildman–Crippen MR) is 63.8 cm³/mol. The molecule has 0 bridgehead atoms. The number of likely N-dealkylation sites (tertiary alicyclic amines) is 1.